The van der Waals surface area contributed by atoms with E-state index in [-0.39, 0.29) is 17.6 Å². The molecule has 7 heteroatoms. The summed E-state index contributed by atoms with van der Waals surface area (Å²) in [5.74, 6) is -0.105. The van der Waals surface area contributed by atoms with Crippen molar-refractivity contribution in [2.45, 2.75) is 31.7 Å². The molecule has 0 saturated carbocycles. The van der Waals surface area contributed by atoms with Crippen molar-refractivity contribution in [2.24, 2.45) is 5.92 Å². The maximum absolute atomic E-state index is 12.4. The van der Waals surface area contributed by atoms with Crippen LogP contribution in [0.4, 0.5) is 5.88 Å². The fourth-order valence-electron chi connectivity index (χ4n) is 3.33. The second-order valence-electron chi connectivity index (χ2n) is 5.75. The van der Waals surface area contributed by atoms with E-state index in [0.29, 0.717) is 25.0 Å². The van der Waals surface area contributed by atoms with E-state index in [2.05, 4.69) is 5.32 Å². The number of nitro groups is 1. The van der Waals surface area contributed by atoms with Crippen LogP contribution in [0.3, 0.4) is 0 Å². The van der Waals surface area contributed by atoms with Crippen LogP contribution in [0, 0.1) is 16.0 Å². The van der Waals surface area contributed by atoms with Gasteiger partial charge in [-0.05, 0) is 44.2 Å². The highest BCUT2D eigenvalue weighted by Gasteiger charge is 2.32. The third-order valence-electron chi connectivity index (χ3n) is 4.40. The van der Waals surface area contributed by atoms with Crippen LogP contribution in [-0.2, 0) is 0 Å². The second kappa shape index (κ2) is 5.85. The molecule has 7 nitrogen and oxygen atoms in total. The van der Waals surface area contributed by atoms with Crippen molar-refractivity contribution in [2.75, 3.05) is 19.6 Å². The lowest BCUT2D eigenvalue weighted by Gasteiger charge is -2.35. The smallest absolute Gasteiger partial charge is 0.395 e. The lowest BCUT2D eigenvalue weighted by molar-refractivity contribution is -0.402. The molecular formula is C14H19N3O4. The number of carbonyl (C=O) groups is 1. The Morgan fingerprint density at radius 1 is 1.38 bits per heavy atom. The quantitative estimate of drug-likeness (QED) is 0.678. The fraction of sp³-hybridized carbons (Fsp3) is 0.643. The number of likely N-dealkylation sites (tertiary alicyclic amines) is 1. The summed E-state index contributed by atoms with van der Waals surface area (Å²) in [5, 5.41) is 14.1. The molecule has 2 aliphatic rings. The minimum atomic E-state index is -0.627. The number of amides is 1. The molecule has 3 rings (SSSR count). The summed E-state index contributed by atoms with van der Waals surface area (Å²) in [5.41, 5.74) is 0. The Morgan fingerprint density at radius 2 is 2.24 bits per heavy atom. The lowest BCUT2D eigenvalue weighted by Crippen LogP contribution is -2.45. The summed E-state index contributed by atoms with van der Waals surface area (Å²) in [6, 6.07) is 3.11. The highest BCUT2D eigenvalue weighted by molar-refractivity contribution is 5.91. The number of carbonyl (C=O) groups excluding carboxylic acids is 1. The number of piperidine rings is 1. The molecule has 1 aromatic heterocycles. The highest BCUT2D eigenvalue weighted by Crippen LogP contribution is 2.26. The van der Waals surface area contributed by atoms with Crippen LogP contribution in [-0.4, -0.2) is 41.4 Å². The van der Waals surface area contributed by atoms with E-state index in [4.69, 9.17) is 4.42 Å². The van der Waals surface area contributed by atoms with Gasteiger partial charge in [-0.25, -0.2) is 0 Å². The van der Waals surface area contributed by atoms with E-state index in [0.717, 1.165) is 19.4 Å². The molecule has 0 spiro atoms. The molecule has 1 amide bonds. The Bertz CT molecular complexity index is 536. The third-order valence-corrected chi connectivity index (χ3v) is 4.40. The van der Waals surface area contributed by atoms with Crippen molar-refractivity contribution in [1.82, 2.24) is 10.2 Å². The second-order valence-corrected chi connectivity index (χ2v) is 5.75. The van der Waals surface area contributed by atoms with Gasteiger partial charge in [0.2, 0.25) is 0 Å². The van der Waals surface area contributed by atoms with E-state index in [1.54, 1.807) is 4.90 Å². The summed E-state index contributed by atoms with van der Waals surface area (Å²) < 4.78 is 5.01. The zero-order valence-corrected chi connectivity index (χ0v) is 11.8. The standard InChI is InChI=1S/C14H19N3O4/c18-14(12-5-6-13(21-12)17(19)20)16-8-2-3-10(9-16)11-4-1-7-15-11/h5-6,10-11,15H,1-4,7-9H2. The molecule has 2 unspecified atom stereocenters. The van der Waals surface area contributed by atoms with Gasteiger partial charge in [-0.2, -0.15) is 0 Å². The van der Waals surface area contributed by atoms with Gasteiger partial charge in [0.25, 0.3) is 5.91 Å². The van der Waals surface area contributed by atoms with E-state index < -0.39 is 4.92 Å². The average Bonchev–Trinajstić information content (AvgIpc) is 3.18. The highest BCUT2D eigenvalue weighted by atomic mass is 16.6. The molecule has 2 atom stereocenters. The Hall–Kier alpha value is -1.89. The van der Waals surface area contributed by atoms with Crippen LogP contribution in [0.2, 0.25) is 0 Å². The number of nitrogens with one attached hydrogen (secondary N) is 1. The van der Waals surface area contributed by atoms with Gasteiger partial charge in [0.15, 0.2) is 5.76 Å². The topological polar surface area (TPSA) is 88.6 Å². The van der Waals surface area contributed by atoms with E-state index in [1.165, 1.54) is 25.0 Å². The molecule has 2 fully saturated rings. The van der Waals surface area contributed by atoms with Crippen molar-refractivity contribution < 1.29 is 14.1 Å². The molecule has 0 aromatic carbocycles. The monoisotopic (exact) mass is 293 g/mol. The van der Waals surface area contributed by atoms with Gasteiger partial charge in [-0.15, -0.1) is 0 Å². The molecule has 0 aliphatic carbocycles. The molecule has 1 aromatic rings. The molecule has 21 heavy (non-hydrogen) atoms. The maximum Gasteiger partial charge on any atom is 0.433 e. The lowest BCUT2D eigenvalue weighted by atomic mass is 9.89. The van der Waals surface area contributed by atoms with Gasteiger partial charge in [-0.3, -0.25) is 14.9 Å². The number of rotatable bonds is 3. The van der Waals surface area contributed by atoms with Crippen molar-refractivity contribution in [1.29, 1.82) is 0 Å². The number of nitrogens with zero attached hydrogens (tertiary/aromatic N) is 2. The molecule has 114 valence electrons. The molecule has 2 saturated heterocycles. The van der Waals surface area contributed by atoms with Gasteiger partial charge in [-0.1, -0.05) is 0 Å². The van der Waals surface area contributed by atoms with Crippen LogP contribution in [0.5, 0.6) is 0 Å². The van der Waals surface area contributed by atoms with Crippen molar-refractivity contribution in [3.8, 4) is 0 Å². The largest absolute Gasteiger partial charge is 0.433 e. The first-order valence-corrected chi connectivity index (χ1v) is 7.42. The van der Waals surface area contributed by atoms with Crippen LogP contribution >= 0.6 is 0 Å². The zero-order valence-electron chi connectivity index (χ0n) is 11.8. The van der Waals surface area contributed by atoms with E-state index in [9.17, 15) is 14.9 Å². The van der Waals surface area contributed by atoms with Crippen molar-refractivity contribution in [3.63, 3.8) is 0 Å². The third kappa shape index (κ3) is 2.92. The molecule has 0 bridgehead atoms. The van der Waals surface area contributed by atoms with Gasteiger partial charge < -0.3 is 14.6 Å². The predicted molar refractivity (Wildman–Crippen MR) is 75.0 cm³/mol. The number of furan rings is 1. The van der Waals surface area contributed by atoms with Gasteiger partial charge >= 0.3 is 5.88 Å². The van der Waals surface area contributed by atoms with E-state index in [1.807, 2.05) is 0 Å². The Kier molecular flexibility index (Phi) is 3.92. The van der Waals surface area contributed by atoms with Crippen LogP contribution in [0.25, 0.3) is 0 Å². The molecule has 3 heterocycles. The zero-order chi connectivity index (χ0) is 14.8. The SMILES string of the molecule is O=C(c1ccc([N+](=O)[O-])o1)N1CCCC(C2CCCN2)C1. The summed E-state index contributed by atoms with van der Waals surface area (Å²) in [7, 11) is 0. The fourth-order valence-corrected chi connectivity index (χ4v) is 3.33. The van der Waals surface area contributed by atoms with Crippen molar-refractivity contribution in [3.05, 3.63) is 28.0 Å². The Morgan fingerprint density at radius 3 is 2.90 bits per heavy atom. The summed E-state index contributed by atoms with van der Waals surface area (Å²) >= 11 is 0. The van der Waals surface area contributed by atoms with Crippen molar-refractivity contribution >= 4 is 11.8 Å². The first kappa shape index (κ1) is 14.1. The minimum absolute atomic E-state index is 0.0572. The maximum atomic E-state index is 12.4. The molecule has 0 radical (unpaired) electrons. The summed E-state index contributed by atoms with van der Waals surface area (Å²) in [6.07, 6.45) is 4.45. The summed E-state index contributed by atoms with van der Waals surface area (Å²) in [6.45, 7) is 2.45. The normalized spacial score (nSPS) is 26.0. The Balaban J connectivity index is 1.67. The van der Waals surface area contributed by atoms with Crippen LogP contribution < -0.4 is 5.32 Å². The summed E-state index contributed by atoms with van der Waals surface area (Å²) in [4.78, 5) is 24.1. The predicted octanol–water partition coefficient (Wildman–Crippen LogP) is 1.79. The number of hydrogen-bond donors (Lipinski definition) is 1. The molecular weight excluding hydrogens is 274 g/mol. The molecule has 2 aliphatic heterocycles. The minimum Gasteiger partial charge on any atom is -0.395 e. The average molecular weight is 293 g/mol. The molecule has 1 N–H and O–H groups in total. The van der Waals surface area contributed by atoms with Gasteiger partial charge in [0, 0.05) is 19.1 Å². The van der Waals surface area contributed by atoms with Gasteiger partial charge in [0.05, 0.1) is 6.07 Å². The van der Waals surface area contributed by atoms with Crippen LogP contribution in [0.15, 0.2) is 16.5 Å². The first-order chi connectivity index (χ1) is 10.1. The Labute approximate surface area is 122 Å². The first-order valence-electron chi connectivity index (χ1n) is 7.42. The van der Waals surface area contributed by atoms with Crippen LogP contribution in [0.1, 0.15) is 36.2 Å². The van der Waals surface area contributed by atoms with Gasteiger partial charge in [0.1, 0.15) is 4.92 Å². The number of hydrogen-bond acceptors (Lipinski definition) is 5. The van der Waals surface area contributed by atoms with E-state index >= 15 is 0 Å².